The van der Waals surface area contributed by atoms with Gasteiger partial charge in [-0.2, -0.15) is 0 Å². The zero-order valence-electron chi connectivity index (χ0n) is 11.1. The van der Waals surface area contributed by atoms with Crippen LogP contribution in [0.4, 0.5) is 25.4 Å². The van der Waals surface area contributed by atoms with Gasteiger partial charge in [-0.05, 0) is 18.2 Å². The lowest BCUT2D eigenvalue weighted by Gasteiger charge is -2.17. The second-order valence-corrected chi connectivity index (χ2v) is 4.75. The monoisotopic (exact) mass is 295 g/mol. The topological polar surface area (TPSA) is 85.1 Å². The summed E-state index contributed by atoms with van der Waals surface area (Å²) in [5.74, 6) is -0.602. The minimum Gasteiger partial charge on any atom is -0.447 e. The van der Waals surface area contributed by atoms with E-state index in [0.717, 1.165) is 0 Å². The molecule has 0 radical (unpaired) electrons. The Morgan fingerprint density at radius 2 is 2.10 bits per heavy atom. The summed E-state index contributed by atoms with van der Waals surface area (Å²) in [6, 6.07) is 4.20. The number of cyclic esters (lactones) is 2. The Hall–Kier alpha value is -2.35. The normalized spacial score (nSPS) is 21.7. The van der Waals surface area contributed by atoms with Crippen molar-refractivity contribution in [1.82, 2.24) is 0 Å². The second kappa shape index (κ2) is 5.21. The van der Waals surface area contributed by atoms with Crippen LogP contribution in [0.1, 0.15) is 0 Å². The molecular formula is C13H14FN3O4. The summed E-state index contributed by atoms with van der Waals surface area (Å²) in [6.07, 6.45) is -1.53. The van der Waals surface area contributed by atoms with Gasteiger partial charge in [-0.25, -0.2) is 14.0 Å². The largest absolute Gasteiger partial charge is 0.447 e. The SMILES string of the molecule is NC[C@H]1CN(c2ccc(N3CCOC3=O)c(F)c2)C(=O)O1. The maximum Gasteiger partial charge on any atom is 0.414 e. The molecule has 1 atom stereocenters. The number of benzene rings is 1. The summed E-state index contributed by atoms with van der Waals surface area (Å²) in [5, 5.41) is 0. The number of carbonyl (C=O) groups excluding carboxylic acids is 2. The van der Waals surface area contributed by atoms with Gasteiger partial charge in [0, 0.05) is 6.54 Å². The van der Waals surface area contributed by atoms with Crippen LogP contribution < -0.4 is 15.5 Å². The third-order valence-corrected chi connectivity index (χ3v) is 3.43. The predicted octanol–water partition coefficient (Wildman–Crippen LogP) is 1.07. The van der Waals surface area contributed by atoms with Gasteiger partial charge in [0.1, 0.15) is 18.5 Å². The van der Waals surface area contributed by atoms with E-state index >= 15 is 0 Å². The van der Waals surface area contributed by atoms with Gasteiger partial charge < -0.3 is 15.2 Å². The Bertz CT molecular complexity index is 595. The Labute approximate surface area is 120 Å². The number of anilines is 2. The first kappa shape index (κ1) is 13.6. The molecule has 0 aliphatic carbocycles. The van der Waals surface area contributed by atoms with Gasteiger partial charge in [0.2, 0.25) is 0 Å². The van der Waals surface area contributed by atoms with Crippen LogP contribution in [-0.4, -0.2) is 44.5 Å². The molecule has 1 aromatic rings. The molecule has 7 nitrogen and oxygen atoms in total. The molecule has 3 rings (SSSR count). The molecule has 2 aliphatic heterocycles. The molecule has 0 bridgehead atoms. The van der Waals surface area contributed by atoms with Crippen LogP contribution in [0.2, 0.25) is 0 Å². The molecule has 0 aromatic heterocycles. The fraction of sp³-hybridized carbons (Fsp3) is 0.385. The molecule has 2 heterocycles. The van der Waals surface area contributed by atoms with Gasteiger partial charge >= 0.3 is 12.2 Å². The molecule has 0 saturated carbocycles. The maximum atomic E-state index is 14.2. The number of amides is 2. The average Bonchev–Trinajstić information content (AvgIpc) is 3.05. The summed E-state index contributed by atoms with van der Waals surface area (Å²) in [7, 11) is 0. The smallest absolute Gasteiger partial charge is 0.414 e. The predicted molar refractivity (Wildman–Crippen MR) is 71.8 cm³/mol. The van der Waals surface area contributed by atoms with Crippen molar-refractivity contribution in [2.45, 2.75) is 6.10 Å². The first-order valence-electron chi connectivity index (χ1n) is 6.52. The van der Waals surface area contributed by atoms with Gasteiger partial charge in [0.15, 0.2) is 0 Å². The van der Waals surface area contributed by atoms with Crippen LogP contribution in [0.3, 0.4) is 0 Å². The lowest BCUT2D eigenvalue weighted by Crippen LogP contribution is -2.28. The van der Waals surface area contributed by atoms with Gasteiger partial charge in [0.05, 0.1) is 24.5 Å². The highest BCUT2D eigenvalue weighted by molar-refractivity contribution is 5.92. The lowest BCUT2D eigenvalue weighted by atomic mass is 10.2. The van der Waals surface area contributed by atoms with Crippen LogP contribution in [0.15, 0.2) is 18.2 Å². The van der Waals surface area contributed by atoms with Crippen molar-refractivity contribution >= 4 is 23.6 Å². The summed E-state index contributed by atoms with van der Waals surface area (Å²) in [5.41, 5.74) is 5.95. The number of rotatable bonds is 3. The first-order valence-corrected chi connectivity index (χ1v) is 6.52. The van der Waals surface area contributed by atoms with E-state index in [1.165, 1.54) is 21.9 Å². The number of ether oxygens (including phenoxy) is 2. The van der Waals surface area contributed by atoms with E-state index in [2.05, 4.69) is 0 Å². The number of hydrogen-bond acceptors (Lipinski definition) is 5. The zero-order valence-corrected chi connectivity index (χ0v) is 11.1. The summed E-state index contributed by atoms with van der Waals surface area (Å²) >= 11 is 0. The van der Waals surface area contributed by atoms with Gasteiger partial charge in [-0.3, -0.25) is 9.80 Å². The first-order chi connectivity index (χ1) is 10.1. The second-order valence-electron chi connectivity index (χ2n) is 4.75. The summed E-state index contributed by atoms with van der Waals surface area (Å²) in [4.78, 5) is 25.7. The van der Waals surface area contributed by atoms with E-state index in [1.54, 1.807) is 6.07 Å². The minimum atomic E-state index is -0.602. The quantitative estimate of drug-likeness (QED) is 0.901. The van der Waals surface area contributed by atoms with E-state index in [0.29, 0.717) is 12.2 Å². The molecule has 2 fully saturated rings. The Morgan fingerprint density at radius 3 is 2.67 bits per heavy atom. The molecule has 2 saturated heterocycles. The van der Waals surface area contributed by atoms with Crippen LogP contribution in [-0.2, 0) is 9.47 Å². The standard InChI is InChI=1S/C13H14FN3O4/c14-10-5-8(17-7-9(6-15)21-13(17)19)1-2-11(10)16-3-4-20-12(16)18/h1-2,5,9H,3-4,6-7,15H2/t9-/m0/s1. The van der Waals surface area contributed by atoms with Crippen molar-refractivity contribution in [2.24, 2.45) is 5.73 Å². The average molecular weight is 295 g/mol. The third-order valence-electron chi connectivity index (χ3n) is 3.43. The van der Waals surface area contributed by atoms with E-state index < -0.39 is 24.1 Å². The lowest BCUT2D eigenvalue weighted by molar-refractivity contribution is 0.145. The van der Waals surface area contributed by atoms with Crippen molar-refractivity contribution in [3.8, 4) is 0 Å². The molecule has 0 unspecified atom stereocenters. The molecular weight excluding hydrogens is 281 g/mol. The number of nitrogens with zero attached hydrogens (tertiary/aromatic N) is 2. The molecule has 2 aliphatic rings. The van der Waals surface area contributed by atoms with Gasteiger partial charge in [-0.1, -0.05) is 0 Å². The van der Waals surface area contributed by atoms with Crippen molar-refractivity contribution < 1.29 is 23.5 Å². The Balaban J connectivity index is 1.84. The van der Waals surface area contributed by atoms with Crippen molar-refractivity contribution in [3.63, 3.8) is 0 Å². The highest BCUT2D eigenvalue weighted by atomic mass is 19.1. The number of hydrogen-bond donors (Lipinski definition) is 1. The molecule has 2 amide bonds. The van der Waals surface area contributed by atoms with Crippen LogP contribution in [0, 0.1) is 5.82 Å². The molecule has 21 heavy (non-hydrogen) atoms. The molecule has 8 heteroatoms. The van der Waals surface area contributed by atoms with E-state index in [9.17, 15) is 14.0 Å². The fourth-order valence-corrected chi connectivity index (χ4v) is 2.35. The van der Waals surface area contributed by atoms with Crippen LogP contribution >= 0.6 is 0 Å². The number of nitrogens with two attached hydrogens (primary N) is 1. The molecule has 0 spiro atoms. The molecule has 2 N–H and O–H groups in total. The Kier molecular flexibility index (Phi) is 3.38. The number of carbonyl (C=O) groups is 2. The third kappa shape index (κ3) is 2.38. The zero-order chi connectivity index (χ0) is 15.0. The molecule has 112 valence electrons. The van der Waals surface area contributed by atoms with Crippen LogP contribution in [0.5, 0.6) is 0 Å². The highest BCUT2D eigenvalue weighted by Crippen LogP contribution is 2.29. The van der Waals surface area contributed by atoms with Crippen LogP contribution in [0.25, 0.3) is 0 Å². The van der Waals surface area contributed by atoms with Crippen molar-refractivity contribution in [1.29, 1.82) is 0 Å². The summed E-state index contributed by atoms with van der Waals surface area (Å²) < 4.78 is 24.0. The van der Waals surface area contributed by atoms with E-state index in [-0.39, 0.29) is 25.4 Å². The maximum absolute atomic E-state index is 14.2. The van der Waals surface area contributed by atoms with Gasteiger partial charge in [0.25, 0.3) is 0 Å². The van der Waals surface area contributed by atoms with Crippen molar-refractivity contribution in [3.05, 3.63) is 24.0 Å². The minimum absolute atomic E-state index is 0.129. The Morgan fingerprint density at radius 1 is 1.29 bits per heavy atom. The van der Waals surface area contributed by atoms with Gasteiger partial charge in [-0.15, -0.1) is 0 Å². The highest BCUT2D eigenvalue weighted by Gasteiger charge is 2.32. The summed E-state index contributed by atoms with van der Waals surface area (Å²) in [6.45, 7) is 1.02. The van der Waals surface area contributed by atoms with Crippen molar-refractivity contribution in [2.75, 3.05) is 36.0 Å². The molecule has 1 aromatic carbocycles. The van der Waals surface area contributed by atoms with E-state index in [4.69, 9.17) is 15.2 Å². The fourth-order valence-electron chi connectivity index (χ4n) is 2.35. The van der Waals surface area contributed by atoms with E-state index in [1.807, 2.05) is 0 Å². The number of halogens is 1.